The predicted octanol–water partition coefficient (Wildman–Crippen LogP) is 8.59. The summed E-state index contributed by atoms with van der Waals surface area (Å²) < 4.78 is 0. The van der Waals surface area contributed by atoms with Crippen molar-refractivity contribution >= 4 is 17.6 Å². The van der Waals surface area contributed by atoms with Crippen molar-refractivity contribution in [3.8, 4) is 0 Å². The Bertz CT molecular complexity index is 1650. The summed E-state index contributed by atoms with van der Waals surface area (Å²) in [5, 5.41) is 34.2. The van der Waals surface area contributed by atoms with Gasteiger partial charge in [0, 0.05) is 34.9 Å². The highest BCUT2D eigenvalue weighted by Gasteiger charge is 2.62. The number of hydrogen-bond acceptors (Lipinski definition) is 6. The highest BCUT2D eigenvalue weighted by molar-refractivity contribution is 6.06. The summed E-state index contributed by atoms with van der Waals surface area (Å²) >= 11 is 0. The Balaban J connectivity index is 0.000000672. The van der Waals surface area contributed by atoms with Gasteiger partial charge in [-0.1, -0.05) is 52.3 Å². The molecule has 0 aromatic rings. The van der Waals surface area contributed by atoms with Gasteiger partial charge in [-0.2, -0.15) is 0 Å². The number of amides is 2. The molecule has 0 saturated heterocycles. The first-order chi connectivity index (χ1) is 25.6. The molecule has 5 N–H and O–H groups in total. The van der Waals surface area contributed by atoms with Gasteiger partial charge in [0.05, 0.1) is 12.2 Å². The third kappa shape index (κ3) is 8.07. The first kappa shape index (κ1) is 41.9. The number of ketones is 1. The quantitative estimate of drug-likeness (QED) is 0.176. The second-order valence-corrected chi connectivity index (χ2v) is 21.0. The zero-order valence-electron chi connectivity index (χ0n) is 35.4. The topological polar surface area (TPSA) is 136 Å². The normalized spacial score (nSPS) is 41.6. The molecule has 2 amide bonds. The van der Waals surface area contributed by atoms with E-state index in [1.54, 1.807) is 19.9 Å². The van der Waals surface area contributed by atoms with Gasteiger partial charge in [-0.25, -0.2) is 0 Å². The largest absolute Gasteiger partial charge is 0.504 e. The summed E-state index contributed by atoms with van der Waals surface area (Å²) in [5.74, 6) is 2.91. The molecule has 10 unspecified atom stereocenters. The summed E-state index contributed by atoms with van der Waals surface area (Å²) in [6.07, 6.45) is 19.4. The fourth-order valence-electron chi connectivity index (χ4n) is 13.3. The van der Waals surface area contributed by atoms with Gasteiger partial charge in [0.15, 0.2) is 5.76 Å². The Morgan fingerprint density at radius 1 is 0.873 bits per heavy atom. The Morgan fingerprint density at radius 3 is 2.13 bits per heavy atom. The van der Waals surface area contributed by atoms with Crippen LogP contribution in [0.2, 0.25) is 0 Å². The van der Waals surface area contributed by atoms with Crippen LogP contribution < -0.4 is 10.6 Å². The molecule has 306 valence electrons. The number of allylic oxidation sites excluding steroid dienone is 7. The van der Waals surface area contributed by atoms with Gasteiger partial charge in [-0.15, -0.1) is 0 Å². The van der Waals surface area contributed by atoms with Crippen molar-refractivity contribution in [2.75, 3.05) is 6.54 Å². The van der Waals surface area contributed by atoms with Crippen molar-refractivity contribution in [2.45, 2.75) is 170 Å². The van der Waals surface area contributed by atoms with Crippen LogP contribution in [-0.4, -0.2) is 57.2 Å². The Morgan fingerprint density at radius 2 is 1.51 bits per heavy atom. The van der Waals surface area contributed by atoms with Gasteiger partial charge >= 0.3 is 0 Å². The Hall–Kier alpha value is -2.71. The van der Waals surface area contributed by atoms with E-state index in [1.807, 2.05) is 6.92 Å². The number of carbonyl (C=O) groups is 3. The first-order valence-corrected chi connectivity index (χ1v) is 21.7. The SMILES string of the molecule is CC(O)CC(C)O.CC1=C(O)C(=O)C=C2C1=CC=C1C2(C)CCC2C3CC(C)(C(=O)NCCC(=O)NC4(C)CC5CC(C)CC(C5)C4)CCC3(C)CCC12C. The van der Waals surface area contributed by atoms with Crippen LogP contribution in [0.15, 0.2) is 46.3 Å². The molecule has 0 aromatic carbocycles. The molecule has 0 spiro atoms. The fourth-order valence-corrected chi connectivity index (χ4v) is 13.3. The van der Waals surface area contributed by atoms with E-state index in [1.165, 1.54) is 24.8 Å². The van der Waals surface area contributed by atoms with Crippen LogP contribution in [0.25, 0.3) is 0 Å². The van der Waals surface area contributed by atoms with E-state index >= 15 is 0 Å². The number of rotatable bonds is 7. The standard InChI is InChI=1S/C42H60N2O4.C5H12O2/c1-25-18-27-20-28(19-25)23-40(5,22-27)44-35(46)11-17-43-37(48)39(4)14-13-38(3)15-16-42(7)30(32(38)24-39)10-12-41(6)31-21-33(45)36(47)26(2)29(31)8-9-34(41)42;1-4(6)3-5(2)7/h8-9,21,25,27-28,30,32,47H,10-20,22-24H2,1-7H3,(H,43,48)(H,44,46);4-7H,3H2,1-2H3. The zero-order valence-corrected chi connectivity index (χ0v) is 35.4. The molecule has 0 radical (unpaired) electrons. The molecule has 10 atom stereocenters. The molecule has 0 aliphatic heterocycles. The third-order valence-electron chi connectivity index (χ3n) is 16.0. The molecule has 0 aromatic heterocycles. The number of carbonyl (C=O) groups excluding carboxylic acids is 3. The second kappa shape index (κ2) is 15.2. The van der Waals surface area contributed by atoms with Crippen molar-refractivity contribution in [3.63, 3.8) is 0 Å². The lowest BCUT2D eigenvalue weighted by atomic mass is 9.39. The molecular weight excluding hydrogens is 689 g/mol. The van der Waals surface area contributed by atoms with Crippen LogP contribution in [0.5, 0.6) is 0 Å². The minimum atomic E-state index is -0.449. The molecule has 5 saturated carbocycles. The van der Waals surface area contributed by atoms with Gasteiger partial charge in [0.25, 0.3) is 0 Å². The molecular formula is C47H72N2O6. The van der Waals surface area contributed by atoms with Crippen LogP contribution in [0.1, 0.15) is 152 Å². The van der Waals surface area contributed by atoms with Crippen LogP contribution in [0, 0.1) is 51.2 Å². The second-order valence-electron chi connectivity index (χ2n) is 21.0. The molecule has 8 nitrogen and oxygen atoms in total. The highest BCUT2D eigenvalue weighted by atomic mass is 16.3. The number of fused-ring (bicyclic) bond motifs is 9. The predicted molar refractivity (Wildman–Crippen MR) is 218 cm³/mol. The zero-order chi connectivity index (χ0) is 40.3. The summed E-state index contributed by atoms with van der Waals surface area (Å²) in [5.41, 5.74) is 3.58. The van der Waals surface area contributed by atoms with E-state index in [-0.39, 0.29) is 57.3 Å². The fraction of sp³-hybridized carbons (Fsp3) is 0.766. The van der Waals surface area contributed by atoms with E-state index in [4.69, 9.17) is 10.2 Å². The summed E-state index contributed by atoms with van der Waals surface area (Å²) in [6.45, 7) is 19.6. The smallest absolute Gasteiger partial charge is 0.225 e. The third-order valence-corrected chi connectivity index (χ3v) is 16.0. The van der Waals surface area contributed by atoms with Gasteiger partial charge in [0.1, 0.15) is 0 Å². The van der Waals surface area contributed by atoms with E-state index < -0.39 is 5.41 Å². The lowest BCUT2D eigenvalue weighted by Crippen LogP contribution is -2.57. The lowest BCUT2D eigenvalue weighted by molar-refractivity contribution is -0.144. The molecule has 8 heteroatoms. The maximum absolute atomic E-state index is 13.9. The van der Waals surface area contributed by atoms with Crippen molar-refractivity contribution in [1.82, 2.24) is 10.6 Å². The van der Waals surface area contributed by atoms with Gasteiger partial charge < -0.3 is 26.0 Å². The van der Waals surface area contributed by atoms with Crippen molar-refractivity contribution in [3.05, 3.63) is 46.3 Å². The lowest BCUT2D eigenvalue weighted by Gasteiger charge is -2.65. The Kier molecular flexibility index (Phi) is 11.6. The maximum atomic E-state index is 13.9. The molecule has 7 rings (SSSR count). The minimum absolute atomic E-state index is 0.0151. The van der Waals surface area contributed by atoms with Crippen molar-refractivity contribution in [1.29, 1.82) is 0 Å². The van der Waals surface area contributed by atoms with Crippen LogP contribution >= 0.6 is 0 Å². The highest BCUT2D eigenvalue weighted by Crippen LogP contribution is 2.70. The summed E-state index contributed by atoms with van der Waals surface area (Å²) in [6, 6.07) is 0. The summed E-state index contributed by atoms with van der Waals surface area (Å²) in [4.78, 5) is 39.8. The average molecular weight is 761 g/mol. The first-order valence-electron chi connectivity index (χ1n) is 21.7. The number of nitrogens with one attached hydrogen (secondary N) is 2. The molecule has 55 heavy (non-hydrogen) atoms. The number of aliphatic hydroxyl groups excluding tert-OH is 3. The number of aliphatic hydroxyl groups is 3. The average Bonchev–Trinajstić information content (AvgIpc) is 3.07. The van der Waals surface area contributed by atoms with E-state index in [0.29, 0.717) is 36.8 Å². The molecule has 2 bridgehead atoms. The molecule has 7 aliphatic rings. The van der Waals surface area contributed by atoms with E-state index in [2.05, 4.69) is 64.3 Å². The molecule has 5 fully saturated rings. The Labute approximate surface area is 331 Å². The monoisotopic (exact) mass is 761 g/mol. The van der Waals surface area contributed by atoms with Gasteiger partial charge in [-0.05, 0) is 169 Å². The van der Waals surface area contributed by atoms with Crippen LogP contribution in [-0.2, 0) is 14.4 Å². The minimum Gasteiger partial charge on any atom is -0.504 e. The van der Waals surface area contributed by atoms with E-state index in [0.717, 1.165) is 86.7 Å². The van der Waals surface area contributed by atoms with Crippen LogP contribution in [0.4, 0.5) is 0 Å². The molecule has 7 aliphatic carbocycles. The van der Waals surface area contributed by atoms with Crippen molar-refractivity contribution < 1.29 is 29.7 Å². The number of hydrogen-bond donors (Lipinski definition) is 5. The summed E-state index contributed by atoms with van der Waals surface area (Å²) in [7, 11) is 0. The van der Waals surface area contributed by atoms with Gasteiger partial charge in [0.2, 0.25) is 17.6 Å². The van der Waals surface area contributed by atoms with Crippen molar-refractivity contribution in [2.24, 2.45) is 51.2 Å². The van der Waals surface area contributed by atoms with Gasteiger partial charge in [-0.3, -0.25) is 14.4 Å². The van der Waals surface area contributed by atoms with E-state index in [9.17, 15) is 19.5 Å². The molecule has 0 heterocycles. The van der Waals surface area contributed by atoms with Crippen LogP contribution in [0.3, 0.4) is 0 Å². The maximum Gasteiger partial charge on any atom is 0.225 e.